The van der Waals surface area contributed by atoms with E-state index in [4.69, 9.17) is 4.74 Å². The van der Waals surface area contributed by atoms with Crippen molar-refractivity contribution < 1.29 is 22.7 Å². The Morgan fingerprint density at radius 1 is 1.26 bits per heavy atom. The van der Waals surface area contributed by atoms with Gasteiger partial charge in [-0.05, 0) is 40.5 Å². The first-order chi connectivity index (χ1) is 14.3. The summed E-state index contributed by atoms with van der Waals surface area (Å²) in [5.41, 5.74) is -0.734. The van der Waals surface area contributed by atoms with E-state index in [0.29, 0.717) is 44.1 Å². The highest BCUT2D eigenvalue weighted by Crippen LogP contribution is 2.32. The fourth-order valence-electron chi connectivity index (χ4n) is 3.51. The lowest BCUT2D eigenvalue weighted by Gasteiger charge is -2.41. The van der Waals surface area contributed by atoms with E-state index in [1.54, 1.807) is 39.6 Å². The van der Waals surface area contributed by atoms with Crippen LogP contribution in [0.5, 0.6) is 0 Å². The minimum Gasteiger partial charge on any atom is -0.443 e. The van der Waals surface area contributed by atoms with Gasteiger partial charge in [-0.1, -0.05) is 0 Å². The van der Waals surface area contributed by atoms with Crippen LogP contribution < -0.4 is 19.7 Å². The molecule has 1 aromatic rings. The number of aromatic nitrogens is 2. The number of rotatable bonds is 4. The Hall–Kier alpha value is -2.67. The number of fused-ring (bicyclic) bond motifs is 1. The predicted octanol–water partition coefficient (Wildman–Crippen LogP) is 1.17. The molecule has 2 aliphatic rings. The average Bonchev–Trinajstić information content (AvgIpc) is 2.60. The van der Waals surface area contributed by atoms with E-state index in [1.165, 1.54) is 6.33 Å². The summed E-state index contributed by atoms with van der Waals surface area (Å²) in [6, 6.07) is -0.227. The first-order valence-electron chi connectivity index (χ1n) is 9.93. The smallest absolute Gasteiger partial charge is 0.422 e. The summed E-state index contributed by atoms with van der Waals surface area (Å²) in [7, 11) is -2.40. The number of ether oxygens (including phenoxy) is 1. The van der Waals surface area contributed by atoms with Gasteiger partial charge in [0.05, 0.1) is 12.1 Å². The Morgan fingerprint density at radius 2 is 1.90 bits per heavy atom. The second-order valence-electron chi connectivity index (χ2n) is 9.07. The molecule has 0 saturated carbocycles. The van der Waals surface area contributed by atoms with Crippen molar-refractivity contribution in [1.29, 1.82) is 0 Å². The van der Waals surface area contributed by atoms with Crippen LogP contribution in [0.15, 0.2) is 6.33 Å². The van der Waals surface area contributed by atoms with Gasteiger partial charge >= 0.3 is 22.3 Å². The number of anilines is 2. The van der Waals surface area contributed by atoms with Crippen molar-refractivity contribution >= 4 is 34.0 Å². The first-order valence-corrected chi connectivity index (χ1v) is 11.4. The van der Waals surface area contributed by atoms with Gasteiger partial charge in [-0.3, -0.25) is 5.32 Å². The summed E-state index contributed by atoms with van der Waals surface area (Å²) in [5, 5.41) is 2.74. The molecule has 13 heteroatoms. The molecule has 172 valence electrons. The first kappa shape index (κ1) is 23.0. The normalized spacial score (nSPS) is 18.8. The van der Waals surface area contributed by atoms with Crippen LogP contribution in [0.2, 0.25) is 0 Å². The lowest BCUT2D eigenvalue weighted by atomic mass is 9.91. The van der Waals surface area contributed by atoms with Crippen LogP contribution in [0.1, 0.15) is 46.1 Å². The Kier molecular flexibility index (Phi) is 6.02. The van der Waals surface area contributed by atoms with Crippen LogP contribution in [-0.2, 0) is 21.5 Å². The third-order valence-corrected chi connectivity index (χ3v) is 6.25. The third kappa shape index (κ3) is 5.73. The Bertz CT molecular complexity index is 968. The average molecular weight is 456 g/mol. The topological polar surface area (TPSA) is 146 Å². The minimum absolute atomic E-state index is 0.227. The highest BCUT2D eigenvalue weighted by Gasteiger charge is 2.36. The van der Waals surface area contributed by atoms with Gasteiger partial charge in [0.25, 0.3) is 0 Å². The molecule has 31 heavy (non-hydrogen) atoms. The number of piperidine rings is 1. The molecule has 2 aliphatic heterocycles. The summed E-state index contributed by atoms with van der Waals surface area (Å²) >= 11 is 0. The number of carbonyl (C=O) groups excluding carboxylic acids is 2. The number of hydrogen-bond acceptors (Lipinski definition) is 8. The highest BCUT2D eigenvalue weighted by molar-refractivity contribution is 7.88. The van der Waals surface area contributed by atoms with Crippen molar-refractivity contribution in [2.24, 2.45) is 0 Å². The van der Waals surface area contributed by atoms with Gasteiger partial charge in [-0.2, -0.15) is 13.1 Å². The molecule has 3 N–H and O–H groups in total. The zero-order chi connectivity index (χ0) is 23.0. The van der Waals surface area contributed by atoms with E-state index in [1.807, 2.05) is 9.62 Å². The predicted molar refractivity (Wildman–Crippen MR) is 114 cm³/mol. The van der Waals surface area contributed by atoms with Gasteiger partial charge in [0, 0.05) is 25.7 Å². The molecular formula is C18H29N7O5S. The van der Waals surface area contributed by atoms with Crippen molar-refractivity contribution in [3.63, 3.8) is 0 Å². The summed E-state index contributed by atoms with van der Waals surface area (Å²) in [6.07, 6.45) is 1.35. The zero-order valence-electron chi connectivity index (χ0n) is 18.4. The second-order valence-corrected chi connectivity index (χ2v) is 10.5. The van der Waals surface area contributed by atoms with E-state index in [-0.39, 0.29) is 6.03 Å². The van der Waals surface area contributed by atoms with E-state index < -0.39 is 27.4 Å². The molecule has 0 atom stereocenters. The van der Waals surface area contributed by atoms with E-state index in [9.17, 15) is 18.0 Å². The van der Waals surface area contributed by atoms with Gasteiger partial charge in [-0.15, -0.1) is 0 Å². The molecule has 12 nitrogen and oxygen atoms in total. The molecule has 0 unspecified atom stereocenters. The molecule has 0 spiro atoms. The molecule has 3 amide bonds. The number of amides is 3. The lowest BCUT2D eigenvalue weighted by molar-refractivity contribution is 0.0569. The van der Waals surface area contributed by atoms with Crippen molar-refractivity contribution in [3.05, 3.63) is 11.9 Å². The van der Waals surface area contributed by atoms with E-state index >= 15 is 0 Å². The lowest BCUT2D eigenvalue weighted by Crippen LogP contribution is -2.57. The summed E-state index contributed by atoms with van der Waals surface area (Å²) < 4.78 is 34.3. The third-order valence-electron chi connectivity index (χ3n) is 5.05. The molecule has 3 rings (SSSR count). The number of nitrogens with one attached hydrogen (secondary N) is 3. The molecule has 0 radical (unpaired) electrons. The van der Waals surface area contributed by atoms with Gasteiger partial charge in [0.1, 0.15) is 23.6 Å². The number of carbonyl (C=O) groups is 2. The van der Waals surface area contributed by atoms with E-state index in [2.05, 4.69) is 20.0 Å². The van der Waals surface area contributed by atoms with Crippen LogP contribution in [-0.4, -0.2) is 66.7 Å². The molecule has 1 saturated heterocycles. The Balaban J connectivity index is 1.65. The van der Waals surface area contributed by atoms with Gasteiger partial charge in [-0.25, -0.2) is 24.3 Å². The largest absolute Gasteiger partial charge is 0.443 e. The van der Waals surface area contributed by atoms with Crippen LogP contribution in [0, 0.1) is 0 Å². The Labute approximate surface area is 181 Å². The molecule has 0 aliphatic carbocycles. The van der Waals surface area contributed by atoms with Crippen molar-refractivity contribution in [3.8, 4) is 0 Å². The second kappa shape index (κ2) is 8.11. The van der Waals surface area contributed by atoms with Crippen molar-refractivity contribution in [2.45, 2.75) is 58.2 Å². The van der Waals surface area contributed by atoms with Gasteiger partial charge < -0.3 is 14.5 Å². The maximum absolute atomic E-state index is 12.4. The standard InChI is InChI=1S/C18H29N7O5S/c1-17(2,3)30-16(27)22-31(28,29)23-18(4)6-8-25(9-7-18)14-12-10-24(5)15(26)21-13(12)19-11-20-14/h11,23H,6-10H2,1-5H3,(H,22,27)(H,19,20,21,26). The molecule has 1 fully saturated rings. The summed E-state index contributed by atoms with van der Waals surface area (Å²) in [5.74, 6) is 1.21. The number of urea groups is 1. The van der Waals surface area contributed by atoms with Crippen molar-refractivity contribution in [1.82, 2.24) is 24.3 Å². The van der Waals surface area contributed by atoms with Crippen molar-refractivity contribution in [2.75, 3.05) is 30.4 Å². The van der Waals surface area contributed by atoms with Crippen LogP contribution in [0.4, 0.5) is 21.2 Å². The zero-order valence-corrected chi connectivity index (χ0v) is 19.2. The fraction of sp³-hybridized carbons (Fsp3) is 0.667. The molecular weight excluding hydrogens is 426 g/mol. The molecule has 1 aromatic heterocycles. The monoisotopic (exact) mass is 455 g/mol. The highest BCUT2D eigenvalue weighted by atomic mass is 32.2. The maximum atomic E-state index is 12.4. The number of nitrogens with zero attached hydrogens (tertiary/aromatic N) is 4. The fourth-order valence-corrected chi connectivity index (χ4v) is 4.67. The minimum atomic E-state index is -4.09. The Morgan fingerprint density at radius 3 is 2.52 bits per heavy atom. The molecule has 0 bridgehead atoms. The molecule has 0 aromatic carbocycles. The van der Waals surface area contributed by atoms with E-state index in [0.717, 1.165) is 5.56 Å². The summed E-state index contributed by atoms with van der Waals surface area (Å²) in [4.78, 5) is 35.8. The van der Waals surface area contributed by atoms with Gasteiger partial charge in [0.15, 0.2) is 0 Å². The number of hydrogen-bond donors (Lipinski definition) is 3. The maximum Gasteiger partial charge on any atom is 0.422 e. The quantitative estimate of drug-likeness (QED) is 0.613. The van der Waals surface area contributed by atoms with Crippen LogP contribution in [0.3, 0.4) is 0 Å². The van der Waals surface area contributed by atoms with Crippen LogP contribution >= 0.6 is 0 Å². The summed E-state index contributed by atoms with van der Waals surface area (Å²) in [6.45, 7) is 8.20. The SMILES string of the molecule is CN1Cc2c(ncnc2N2CCC(C)(NS(=O)(=O)NC(=O)OC(C)(C)C)CC2)NC1=O. The van der Waals surface area contributed by atoms with Crippen LogP contribution in [0.25, 0.3) is 0 Å². The molecule has 3 heterocycles. The van der Waals surface area contributed by atoms with Gasteiger partial charge in [0.2, 0.25) is 0 Å².